The summed E-state index contributed by atoms with van der Waals surface area (Å²) in [5, 5.41) is 1.04. The molecule has 0 saturated carbocycles. The molecule has 0 radical (unpaired) electrons. The lowest BCUT2D eigenvalue weighted by Crippen LogP contribution is -2.38. The van der Waals surface area contributed by atoms with Gasteiger partial charge in [0.2, 0.25) is 5.91 Å². The summed E-state index contributed by atoms with van der Waals surface area (Å²) in [6.07, 6.45) is 7.56. The van der Waals surface area contributed by atoms with Crippen molar-refractivity contribution in [2.75, 3.05) is 13.1 Å². The average Bonchev–Trinajstić information content (AvgIpc) is 3.32. The van der Waals surface area contributed by atoms with E-state index in [0.29, 0.717) is 42.6 Å². The highest BCUT2D eigenvalue weighted by Gasteiger charge is 2.28. The molecule has 0 N–H and O–H groups in total. The Balaban J connectivity index is 1.29. The van der Waals surface area contributed by atoms with Crippen LogP contribution in [0.1, 0.15) is 52.7 Å². The van der Waals surface area contributed by atoms with Crippen molar-refractivity contribution >= 4 is 22.7 Å². The molecule has 8 heteroatoms. The number of pyridine rings is 1. The van der Waals surface area contributed by atoms with Crippen molar-refractivity contribution in [1.29, 1.82) is 0 Å². The maximum atomic E-state index is 14.7. The number of likely N-dealkylation sites (tertiary alicyclic amines) is 1. The molecule has 0 bridgehead atoms. The zero-order valence-corrected chi connectivity index (χ0v) is 21.3. The van der Waals surface area contributed by atoms with Crippen LogP contribution in [0.4, 0.5) is 8.87 Å². The Kier molecular flexibility index (Phi) is 7.49. The predicted octanol–water partition coefficient (Wildman–Crippen LogP) is 5.67. The summed E-state index contributed by atoms with van der Waals surface area (Å²) in [6, 6.07) is 16.4. The van der Waals surface area contributed by atoms with Crippen LogP contribution < -0.4 is 0 Å². The lowest BCUT2D eigenvalue weighted by Gasteiger charge is -2.32. The molecule has 4 aromatic rings. The lowest BCUT2D eigenvalue weighted by atomic mass is 9.88. The monoisotopic (exact) mass is 516 g/mol. The quantitative estimate of drug-likeness (QED) is 0.298. The summed E-state index contributed by atoms with van der Waals surface area (Å²) < 4.78 is 30.6. The summed E-state index contributed by atoms with van der Waals surface area (Å²) in [6.45, 7) is 2.69. The molecule has 196 valence electrons. The predicted molar refractivity (Wildman–Crippen MR) is 141 cm³/mol. The second-order valence-corrected chi connectivity index (χ2v) is 9.82. The highest BCUT2D eigenvalue weighted by Crippen LogP contribution is 2.32. The van der Waals surface area contributed by atoms with E-state index in [0.717, 1.165) is 30.8 Å². The number of piperidine rings is 1. The van der Waals surface area contributed by atoms with E-state index in [1.165, 1.54) is 17.7 Å². The van der Waals surface area contributed by atoms with Crippen molar-refractivity contribution in [3.05, 3.63) is 101 Å². The van der Waals surface area contributed by atoms with E-state index >= 15 is 0 Å². The molecule has 1 fully saturated rings. The Bertz CT molecular complexity index is 1450. The van der Waals surface area contributed by atoms with Gasteiger partial charge >= 0.3 is 0 Å². The smallest absolute Gasteiger partial charge is 0.256 e. The number of hydrogen-bond acceptors (Lipinski definition) is 3. The molecule has 2 aromatic heterocycles. The average molecular weight is 517 g/mol. The Labute approximate surface area is 220 Å². The molecule has 1 aliphatic rings. The van der Waals surface area contributed by atoms with Gasteiger partial charge in [0.1, 0.15) is 5.82 Å². The molecule has 38 heavy (non-hydrogen) atoms. The van der Waals surface area contributed by atoms with E-state index in [9.17, 15) is 18.5 Å². The first kappa shape index (κ1) is 25.6. The number of benzene rings is 2. The van der Waals surface area contributed by atoms with Crippen LogP contribution in [0.5, 0.6) is 0 Å². The molecule has 2 aromatic carbocycles. The molecule has 1 saturated heterocycles. The summed E-state index contributed by atoms with van der Waals surface area (Å²) in [5.74, 6) is -1.14. The molecule has 0 unspecified atom stereocenters. The van der Waals surface area contributed by atoms with Gasteiger partial charge in [0, 0.05) is 56.1 Å². The summed E-state index contributed by atoms with van der Waals surface area (Å²) in [5.41, 5.74) is 3.93. The first-order valence-electron chi connectivity index (χ1n) is 12.9. The minimum Gasteiger partial charge on any atom is -0.346 e. The number of aromatic nitrogens is 2. The van der Waals surface area contributed by atoms with Crippen LogP contribution in [0, 0.1) is 5.82 Å². The van der Waals surface area contributed by atoms with E-state index < -0.39 is 5.91 Å². The highest BCUT2D eigenvalue weighted by atomic mass is 19.2. The van der Waals surface area contributed by atoms with Gasteiger partial charge in [-0.15, -0.1) is 0 Å². The maximum Gasteiger partial charge on any atom is 0.256 e. The van der Waals surface area contributed by atoms with E-state index in [1.54, 1.807) is 18.5 Å². The summed E-state index contributed by atoms with van der Waals surface area (Å²) >= 11 is 0. The molecular weight excluding hydrogens is 486 g/mol. The molecule has 1 aliphatic heterocycles. The molecule has 5 rings (SSSR count). The second-order valence-electron chi connectivity index (χ2n) is 9.82. The van der Waals surface area contributed by atoms with Gasteiger partial charge in [-0.3, -0.25) is 14.6 Å². The number of aryl methyl sites for hydroxylation is 2. The van der Waals surface area contributed by atoms with Gasteiger partial charge in [-0.2, -0.15) is 5.12 Å². The SMILES string of the molecule is CC(=O)N(F)Cc1ccc(F)c(C2CCN(C(=O)c3cn(CCc4ccncc4)c4ccccc34)CC2)c1. The highest BCUT2D eigenvalue weighted by molar-refractivity contribution is 6.07. The number of halogens is 2. The van der Waals surface area contributed by atoms with Crippen LogP contribution in [0.2, 0.25) is 0 Å². The third-order valence-electron chi connectivity index (χ3n) is 7.36. The molecule has 0 atom stereocenters. The number of carbonyl (C=O) groups excluding carboxylic acids is 2. The fraction of sp³-hybridized carbons (Fsp3) is 0.300. The molecule has 2 amide bonds. The number of rotatable bonds is 7. The summed E-state index contributed by atoms with van der Waals surface area (Å²) in [4.78, 5) is 30.8. The molecule has 0 aliphatic carbocycles. The van der Waals surface area contributed by atoms with Gasteiger partial charge in [-0.1, -0.05) is 34.8 Å². The van der Waals surface area contributed by atoms with Crippen LogP contribution in [0.25, 0.3) is 10.9 Å². The number of fused-ring (bicyclic) bond motifs is 1. The largest absolute Gasteiger partial charge is 0.346 e. The number of amides is 2. The van der Waals surface area contributed by atoms with Gasteiger partial charge in [-0.25, -0.2) is 4.39 Å². The van der Waals surface area contributed by atoms with Crippen LogP contribution in [-0.4, -0.2) is 44.5 Å². The number of hydrogen-bond donors (Lipinski definition) is 0. The van der Waals surface area contributed by atoms with Crippen LogP contribution in [-0.2, 0) is 24.3 Å². The van der Waals surface area contributed by atoms with Gasteiger partial charge in [0.05, 0.1) is 12.1 Å². The Morgan fingerprint density at radius 3 is 2.50 bits per heavy atom. The van der Waals surface area contributed by atoms with Gasteiger partial charge < -0.3 is 9.47 Å². The number of carbonyl (C=O) groups is 2. The normalized spacial score (nSPS) is 14.1. The van der Waals surface area contributed by atoms with Crippen LogP contribution in [0.3, 0.4) is 0 Å². The van der Waals surface area contributed by atoms with Crippen molar-refractivity contribution in [1.82, 2.24) is 19.6 Å². The fourth-order valence-electron chi connectivity index (χ4n) is 5.24. The van der Waals surface area contributed by atoms with E-state index in [1.807, 2.05) is 47.5 Å². The first-order chi connectivity index (χ1) is 18.4. The topological polar surface area (TPSA) is 58.4 Å². The Hall–Kier alpha value is -4.07. The van der Waals surface area contributed by atoms with E-state index in [-0.39, 0.29) is 29.3 Å². The Morgan fingerprint density at radius 1 is 1.03 bits per heavy atom. The third kappa shape index (κ3) is 5.44. The molecule has 3 heterocycles. The zero-order chi connectivity index (χ0) is 26.6. The van der Waals surface area contributed by atoms with Crippen molar-refractivity contribution < 1.29 is 18.5 Å². The number of para-hydroxylation sites is 1. The summed E-state index contributed by atoms with van der Waals surface area (Å²) in [7, 11) is 0. The van der Waals surface area contributed by atoms with Gasteiger partial charge in [-0.05, 0) is 66.1 Å². The second kappa shape index (κ2) is 11.1. The maximum absolute atomic E-state index is 14.7. The first-order valence-corrected chi connectivity index (χ1v) is 12.9. The minimum atomic E-state index is -0.693. The molecular formula is C30H30F2N4O2. The van der Waals surface area contributed by atoms with Crippen molar-refractivity contribution in [2.45, 2.75) is 45.2 Å². The van der Waals surface area contributed by atoms with Crippen LogP contribution in [0.15, 0.2) is 73.2 Å². The van der Waals surface area contributed by atoms with Crippen molar-refractivity contribution in [2.24, 2.45) is 0 Å². The molecule has 0 spiro atoms. The standard InChI is InChI=1S/C30H30F2N4O2/c1-21(37)36(32)19-23-6-7-28(31)26(18-23)24-11-16-34(17-12-24)30(38)27-20-35(29-5-3-2-4-25(27)29)15-10-22-8-13-33-14-9-22/h2-9,13-14,18,20,24H,10-12,15-17,19H2,1H3. The van der Waals surface area contributed by atoms with E-state index in [4.69, 9.17) is 0 Å². The van der Waals surface area contributed by atoms with Gasteiger partial charge in [0.15, 0.2) is 0 Å². The minimum absolute atomic E-state index is 0.0222. The Morgan fingerprint density at radius 2 is 1.76 bits per heavy atom. The zero-order valence-electron chi connectivity index (χ0n) is 21.3. The van der Waals surface area contributed by atoms with Crippen molar-refractivity contribution in [3.8, 4) is 0 Å². The number of nitrogens with zero attached hydrogens (tertiary/aromatic N) is 4. The van der Waals surface area contributed by atoms with Crippen molar-refractivity contribution in [3.63, 3.8) is 0 Å². The lowest BCUT2D eigenvalue weighted by molar-refractivity contribution is -0.145. The fourth-order valence-corrected chi connectivity index (χ4v) is 5.24. The van der Waals surface area contributed by atoms with E-state index in [2.05, 4.69) is 9.55 Å². The third-order valence-corrected chi connectivity index (χ3v) is 7.36. The van der Waals surface area contributed by atoms with Gasteiger partial charge in [0.25, 0.3) is 5.91 Å². The van der Waals surface area contributed by atoms with Crippen LogP contribution >= 0.6 is 0 Å². The molecule has 6 nitrogen and oxygen atoms in total.